The largest absolute Gasteiger partial charge is 0.323 e. The van der Waals surface area contributed by atoms with Crippen molar-refractivity contribution in [3.05, 3.63) is 38.8 Å². The topological polar surface area (TPSA) is 47.1 Å². The summed E-state index contributed by atoms with van der Waals surface area (Å²) >= 11 is 5.40. The van der Waals surface area contributed by atoms with Crippen LogP contribution in [0.25, 0.3) is 0 Å². The summed E-state index contributed by atoms with van der Waals surface area (Å²) in [6.07, 6.45) is 5.04. The zero-order valence-electron chi connectivity index (χ0n) is 12.6. The number of aromatic nitrogens is 2. The first kappa shape index (κ1) is 16.7. The molecular formula is C15H23BrN4S. The standard InChI is InChI=1S/C15H23BrN4S/c1-19(2)8-9-20-15(13(16)11-18-20)14(17)7-3-5-12-6-4-10-21-12/h4,6,10-11,14H,3,5,7-9,17H2,1-2H3. The zero-order chi connectivity index (χ0) is 15.2. The molecule has 0 fully saturated rings. The van der Waals surface area contributed by atoms with Crippen LogP contribution in [0.4, 0.5) is 0 Å². The number of thiophene rings is 1. The van der Waals surface area contributed by atoms with Crippen molar-refractivity contribution >= 4 is 27.3 Å². The Morgan fingerprint density at radius 1 is 1.48 bits per heavy atom. The molecule has 6 heteroatoms. The molecule has 116 valence electrons. The number of likely N-dealkylation sites (N-methyl/N-ethyl adjacent to an activating group) is 1. The molecule has 0 radical (unpaired) electrons. The predicted molar refractivity (Wildman–Crippen MR) is 92.7 cm³/mol. The molecule has 21 heavy (non-hydrogen) atoms. The molecule has 4 nitrogen and oxygen atoms in total. The fourth-order valence-corrected chi connectivity index (χ4v) is 3.64. The first-order valence-electron chi connectivity index (χ1n) is 7.22. The summed E-state index contributed by atoms with van der Waals surface area (Å²) in [5.74, 6) is 0. The molecule has 2 aromatic rings. The van der Waals surface area contributed by atoms with Gasteiger partial charge in [-0.25, -0.2) is 0 Å². The highest BCUT2D eigenvalue weighted by Gasteiger charge is 2.16. The maximum Gasteiger partial charge on any atom is 0.0694 e. The van der Waals surface area contributed by atoms with Gasteiger partial charge in [-0.05, 0) is 60.7 Å². The normalized spacial score (nSPS) is 13.0. The lowest BCUT2D eigenvalue weighted by Crippen LogP contribution is -2.23. The van der Waals surface area contributed by atoms with Crippen LogP contribution in [-0.2, 0) is 13.0 Å². The third-order valence-corrected chi connectivity index (χ3v) is 5.01. The van der Waals surface area contributed by atoms with Gasteiger partial charge in [-0.2, -0.15) is 5.10 Å². The summed E-state index contributed by atoms with van der Waals surface area (Å²) in [5, 5.41) is 6.56. The molecule has 0 aromatic carbocycles. The summed E-state index contributed by atoms with van der Waals surface area (Å²) in [6.45, 7) is 1.83. The predicted octanol–water partition coefficient (Wildman–Crippen LogP) is 3.29. The van der Waals surface area contributed by atoms with Gasteiger partial charge in [-0.15, -0.1) is 11.3 Å². The number of hydrogen-bond donors (Lipinski definition) is 1. The minimum Gasteiger partial charge on any atom is -0.323 e. The molecule has 0 saturated carbocycles. The molecule has 0 saturated heterocycles. The van der Waals surface area contributed by atoms with Crippen molar-refractivity contribution in [1.82, 2.24) is 14.7 Å². The highest BCUT2D eigenvalue weighted by Crippen LogP contribution is 2.25. The van der Waals surface area contributed by atoms with E-state index in [1.165, 1.54) is 4.88 Å². The fraction of sp³-hybridized carbons (Fsp3) is 0.533. The van der Waals surface area contributed by atoms with Crippen LogP contribution in [0.5, 0.6) is 0 Å². The summed E-state index contributed by atoms with van der Waals surface area (Å²) in [6, 6.07) is 4.32. The second-order valence-electron chi connectivity index (χ2n) is 5.48. The molecule has 0 aliphatic rings. The maximum absolute atomic E-state index is 6.39. The van der Waals surface area contributed by atoms with Crippen LogP contribution in [0, 0.1) is 0 Å². The number of rotatable bonds is 8. The lowest BCUT2D eigenvalue weighted by Gasteiger charge is -2.16. The van der Waals surface area contributed by atoms with Crippen LogP contribution in [0.2, 0.25) is 0 Å². The lowest BCUT2D eigenvalue weighted by molar-refractivity contribution is 0.365. The lowest BCUT2D eigenvalue weighted by atomic mass is 10.1. The van der Waals surface area contributed by atoms with E-state index in [2.05, 4.69) is 57.5 Å². The monoisotopic (exact) mass is 370 g/mol. The minimum absolute atomic E-state index is 0.0315. The van der Waals surface area contributed by atoms with E-state index in [1.54, 1.807) is 0 Å². The second-order valence-corrected chi connectivity index (χ2v) is 7.37. The molecule has 0 amide bonds. The third-order valence-electron chi connectivity index (χ3n) is 3.46. The highest BCUT2D eigenvalue weighted by molar-refractivity contribution is 9.10. The van der Waals surface area contributed by atoms with E-state index < -0.39 is 0 Å². The van der Waals surface area contributed by atoms with E-state index in [1.807, 2.05) is 22.2 Å². The van der Waals surface area contributed by atoms with Crippen LogP contribution in [0.3, 0.4) is 0 Å². The molecule has 2 heterocycles. The molecule has 1 atom stereocenters. The molecule has 0 aliphatic carbocycles. The van der Waals surface area contributed by atoms with E-state index in [0.717, 1.165) is 42.5 Å². The molecule has 0 bridgehead atoms. The Morgan fingerprint density at radius 3 is 2.95 bits per heavy atom. The van der Waals surface area contributed by atoms with Crippen LogP contribution < -0.4 is 5.73 Å². The van der Waals surface area contributed by atoms with Crippen molar-refractivity contribution < 1.29 is 0 Å². The number of hydrogen-bond acceptors (Lipinski definition) is 4. The fourth-order valence-electron chi connectivity index (χ4n) is 2.30. The van der Waals surface area contributed by atoms with Gasteiger partial charge < -0.3 is 10.6 Å². The number of nitrogens with two attached hydrogens (primary N) is 1. The highest BCUT2D eigenvalue weighted by atomic mass is 79.9. The van der Waals surface area contributed by atoms with Gasteiger partial charge in [-0.3, -0.25) is 4.68 Å². The van der Waals surface area contributed by atoms with Crippen molar-refractivity contribution in [2.24, 2.45) is 5.73 Å². The summed E-state index contributed by atoms with van der Waals surface area (Å²) in [5.41, 5.74) is 7.50. The first-order chi connectivity index (χ1) is 10.1. The van der Waals surface area contributed by atoms with Crippen LogP contribution in [0.1, 0.15) is 29.5 Å². The summed E-state index contributed by atoms with van der Waals surface area (Å²) < 4.78 is 3.05. The van der Waals surface area contributed by atoms with Gasteiger partial charge in [0.1, 0.15) is 0 Å². The molecule has 0 spiro atoms. The smallest absolute Gasteiger partial charge is 0.0694 e. The van der Waals surface area contributed by atoms with Gasteiger partial charge in [0.05, 0.1) is 22.9 Å². The van der Waals surface area contributed by atoms with Gasteiger partial charge in [-0.1, -0.05) is 6.07 Å². The number of aryl methyl sites for hydroxylation is 1. The summed E-state index contributed by atoms with van der Waals surface area (Å²) in [7, 11) is 4.14. The van der Waals surface area contributed by atoms with Crippen LogP contribution >= 0.6 is 27.3 Å². The van der Waals surface area contributed by atoms with Crippen LogP contribution in [-0.4, -0.2) is 35.3 Å². The van der Waals surface area contributed by atoms with Gasteiger partial charge in [0, 0.05) is 17.5 Å². The minimum atomic E-state index is 0.0315. The second kappa shape index (κ2) is 8.08. The van der Waals surface area contributed by atoms with E-state index >= 15 is 0 Å². The molecule has 2 N–H and O–H groups in total. The van der Waals surface area contributed by atoms with Crippen molar-refractivity contribution in [3.8, 4) is 0 Å². The Hall–Kier alpha value is -0.690. The number of nitrogens with zero attached hydrogens (tertiary/aromatic N) is 3. The Bertz CT molecular complexity index is 536. The Labute approximate surface area is 139 Å². The van der Waals surface area contributed by atoms with Gasteiger partial charge >= 0.3 is 0 Å². The third kappa shape index (κ3) is 4.92. The first-order valence-corrected chi connectivity index (χ1v) is 8.89. The Kier molecular flexibility index (Phi) is 6.41. The molecule has 1 unspecified atom stereocenters. The van der Waals surface area contributed by atoms with Crippen molar-refractivity contribution in [3.63, 3.8) is 0 Å². The van der Waals surface area contributed by atoms with Gasteiger partial charge in [0.25, 0.3) is 0 Å². The Balaban J connectivity index is 1.91. The van der Waals surface area contributed by atoms with Crippen LogP contribution in [0.15, 0.2) is 28.2 Å². The SMILES string of the molecule is CN(C)CCn1ncc(Br)c1C(N)CCCc1cccs1. The van der Waals surface area contributed by atoms with Crippen molar-refractivity contribution in [1.29, 1.82) is 0 Å². The molecular weight excluding hydrogens is 348 g/mol. The molecule has 2 rings (SSSR count). The molecule has 2 aromatic heterocycles. The van der Waals surface area contributed by atoms with Crippen molar-refractivity contribution in [2.45, 2.75) is 31.8 Å². The Morgan fingerprint density at radius 2 is 2.29 bits per heavy atom. The maximum atomic E-state index is 6.39. The number of halogens is 1. The summed E-state index contributed by atoms with van der Waals surface area (Å²) in [4.78, 5) is 3.59. The zero-order valence-corrected chi connectivity index (χ0v) is 15.0. The average Bonchev–Trinajstić information content (AvgIpc) is 3.06. The van der Waals surface area contributed by atoms with Gasteiger partial charge in [0.2, 0.25) is 0 Å². The average molecular weight is 371 g/mol. The van der Waals surface area contributed by atoms with E-state index in [-0.39, 0.29) is 6.04 Å². The van der Waals surface area contributed by atoms with E-state index in [0.29, 0.717) is 0 Å². The van der Waals surface area contributed by atoms with E-state index in [9.17, 15) is 0 Å². The van der Waals surface area contributed by atoms with E-state index in [4.69, 9.17) is 5.73 Å². The quantitative estimate of drug-likeness (QED) is 0.775. The van der Waals surface area contributed by atoms with Gasteiger partial charge in [0.15, 0.2) is 0 Å². The molecule has 0 aliphatic heterocycles. The van der Waals surface area contributed by atoms with Crippen molar-refractivity contribution in [2.75, 3.05) is 20.6 Å².